The molecule has 0 unspecified atom stereocenters. The minimum Gasteiger partial charge on any atom is -0.497 e. The number of nitrogens with zero attached hydrogens (tertiary/aromatic N) is 1. The fourth-order valence-corrected chi connectivity index (χ4v) is 5.83. The molecule has 0 aliphatic rings. The van der Waals surface area contributed by atoms with Crippen molar-refractivity contribution < 1.29 is 17.9 Å². The molecule has 154 valence electrons. The van der Waals surface area contributed by atoms with Crippen LogP contribution in [0.15, 0.2) is 47.4 Å². The fourth-order valence-electron chi connectivity index (χ4n) is 2.93. The minimum absolute atomic E-state index is 0.186. The largest absolute Gasteiger partial charge is 0.497 e. The number of ether oxygens (including phenoxy) is 1. The molecule has 29 heavy (non-hydrogen) atoms. The number of carbonyl (C=O) groups is 1. The van der Waals surface area contributed by atoms with E-state index in [2.05, 4.69) is 5.32 Å². The number of benzene rings is 2. The molecule has 6 nitrogen and oxygen atoms in total. The standard InChI is InChI=1S/C20H21ClN2O4S2/c1-4-23(5-2)29(25,26)15-9-6-13(7-10-15)22-20(24)19-18(21)16-11-8-14(27-3)12-17(16)28-19/h6-12H,4-5H2,1-3H3,(H,22,24). The van der Waals surface area contributed by atoms with Gasteiger partial charge in [0.05, 0.1) is 17.0 Å². The highest BCUT2D eigenvalue weighted by Crippen LogP contribution is 2.37. The van der Waals surface area contributed by atoms with Gasteiger partial charge < -0.3 is 10.1 Å². The van der Waals surface area contributed by atoms with Crippen LogP contribution in [0.1, 0.15) is 23.5 Å². The topological polar surface area (TPSA) is 75.7 Å². The zero-order valence-corrected chi connectivity index (χ0v) is 18.6. The van der Waals surface area contributed by atoms with Crippen LogP contribution in [0.4, 0.5) is 5.69 Å². The summed E-state index contributed by atoms with van der Waals surface area (Å²) < 4.78 is 32.6. The summed E-state index contributed by atoms with van der Waals surface area (Å²) in [5, 5.41) is 3.93. The van der Waals surface area contributed by atoms with E-state index in [0.29, 0.717) is 34.4 Å². The summed E-state index contributed by atoms with van der Waals surface area (Å²) in [5.41, 5.74) is 0.486. The van der Waals surface area contributed by atoms with Gasteiger partial charge in [0, 0.05) is 28.9 Å². The summed E-state index contributed by atoms with van der Waals surface area (Å²) in [6, 6.07) is 11.5. The first-order valence-corrected chi connectivity index (χ1v) is 11.6. The molecule has 0 bridgehead atoms. The van der Waals surface area contributed by atoms with Gasteiger partial charge in [-0.15, -0.1) is 11.3 Å². The number of anilines is 1. The van der Waals surface area contributed by atoms with E-state index in [9.17, 15) is 13.2 Å². The molecule has 1 heterocycles. The number of halogens is 1. The van der Waals surface area contributed by atoms with Crippen LogP contribution in [0.2, 0.25) is 5.02 Å². The second-order valence-corrected chi connectivity index (χ2v) is 9.54. The normalized spacial score (nSPS) is 11.8. The lowest BCUT2D eigenvalue weighted by atomic mass is 10.2. The fraction of sp³-hybridized carbons (Fsp3) is 0.250. The third kappa shape index (κ3) is 4.25. The van der Waals surface area contributed by atoms with E-state index in [4.69, 9.17) is 16.3 Å². The Morgan fingerprint density at radius 1 is 1.14 bits per heavy atom. The van der Waals surface area contributed by atoms with Crippen LogP contribution in [0.3, 0.4) is 0 Å². The summed E-state index contributed by atoms with van der Waals surface area (Å²) in [4.78, 5) is 13.3. The first kappa shape index (κ1) is 21.6. The molecule has 0 saturated carbocycles. The molecule has 0 aliphatic carbocycles. The molecule has 3 rings (SSSR count). The van der Waals surface area contributed by atoms with E-state index in [1.165, 1.54) is 27.8 Å². The molecule has 0 atom stereocenters. The van der Waals surface area contributed by atoms with E-state index in [0.717, 1.165) is 10.1 Å². The van der Waals surface area contributed by atoms with Gasteiger partial charge in [0.1, 0.15) is 10.6 Å². The quantitative estimate of drug-likeness (QED) is 0.556. The van der Waals surface area contributed by atoms with Gasteiger partial charge >= 0.3 is 0 Å². The van der Waals surface area contributed by atoms with E-state index in [1.807, 2.05) is 12.1 Å². The number of hydrogen-bond donors (Lipinski definition) is 1. The molecule has 3 aromatic rings. The van der Waals surface area contributed by atoms with Crippen molar-refractivity contribution in [3.8, 4) is 5.75 Å². The third-order valence-corrected chi connectivity index (χ3v) is 8.22. The molecular formula is C20H21ClN2O4S2. The molecule has 0 aliphatic heterocycles. The Bertz CT molecular complexity index is 1140. The Balaban J connectivity index is 1.83. The van der Waals surface area contributed by atoms with Crippen LogP contribution in [-0.2, 0) is 10.0 Å². The second kappa shape index (κ2) is 8.71. The highest BCUT2D eigenvalue weighted by molar-refractivity contribution is 7.89. The smallest absolute Gasteiger partial charge is 0.267 e. The Morgan fingerprint density at radius 3 is 2.38 bits per heavy atom. The van der Waals surface area contributed by atoms with E-state index >= 15 is 0 Å². The zero-order valence-electron chi connectivity index (χ0n) is 16.2. The Labute approximate surface area is 179 Å². The van der Waals surface area contributed by atoms with Gasteiger partial charge in [-0.2, -0.15) is 4.31 Å². The Morgan fingerprint density at radius 2 is 1.79 bits per heavy atom. The summed E-state index contributed by atoms with van der Waals surface area (Å²) >= 11 is 7.66. The van der Waals surface area contributed by atoms with Crippen molar-refractivity contribution in [1.82, 2.24) is 4.31 Å². The molecule has 0 fully saturated rings. The van der Waals surface area contributed by atoms with Gasteiger partial charge in [0.25, 0.3) is 5.91 Å². The Kier molecular flexibility index (Phi) is 6.48. The lowest BCUT2D eigenvalue weighted by Crippen LogP contribution is -2.30. The second-order valence-electron chi connectivity index (χ2n) is 6.18. The van der Waals surface area contributed by atoms with Crippen LogP contribution in [0.5, 0.6) is 5.75 Å². The molecule has 2 aromatic carbocycles. The molecule has 0 radical (unpaired) electrons. The monoisotopic (exact) mass is 452 g/mol. The number of methoxy groups -OCH3 is 1. The number of hydrogen-bond acceptors (Lipinski definition) is 5. The van der Waals surface area contributed by atoms with Gasteiger partial charge in [0.15, 0.2) is 0 Å². The molecular weight excluding hydrogens is 432 g/mol. The highest BCUT2D eigenvalue weighted by Gasteiger charge is 2.22. The third-order valence-electron chi connectivity index (χ3n) is 4.50. The highest BCUT2D eigenvalue weighted by atomic mass is 35.5. The first-order chi connectivity index (χ1) is 13.8. The summed E-state index contributed by atoms with van der Waals surface area (Å²) in [6.07, 6.45) is 0. The number of amides is 1. The van der Waals surface area contributed by atoms with Crippen molar-refractivity contribution in [3.05, 3.63) is 52.4 Å². The van der Waals surface area contributed by atoms with Gasteiger partial charge in [-0.3, -0.25) is 4.79 Å². The molecule has 1 amide bonds. The average Bonchev–Trinajstić information content (AvgIpc) is 3.05. The van der Waals surface area contributed by atoms with Crippen LogP contribution >= 0.6 is 22.9 Å². The minimum atomic E-state index is -3.54. The van der Waals surface area contributed by atoms with Crippen molar-refractivity contribution >= 4 is 54.6 Å². The van der Waals surface area contributed by atoms with Crippen molar-refractivity contribution in [2.24, 2.45) is 0 Å². The van der Waals surface area contributed by atoms with Gasteiger partial charge in [0.2, 0.25) is 10.0 Å². The Hall–Kier alpha value is -2.13. The maximum Gasteiger partial charge on any atom is 0.267 e. The number of carbonyl (C=O) groups excluding carboxylic acids is 1. The predicted octanol–water partition coefficient (Wildman–Crippen LogP) is 4.85. The summed E-state index contributed by atoms with van der Waals surface area (Å²) in [5.74, 6) is 0.335. The van der Waals surface area contributed by atoms with Gasteiger partial charge in [-0.1, -0.05) is 25.4 Å². The maximum absolute atomic E-state index is 12.7. The lowest BCUT2D eigenvalue weighted by Gasteiger charge is -2.18. The molecule has 0 saturated heterocycles. The zero-order chi connectivity index (χ0) is 21.2. The summed E-state index contributed by atoms with van der Waals surface area (Å²) in [6.45, 7) is 4.37. The van der Waals surface area contributed by atoms with E-state index in [1.54, 1.807) is 39.2 Å². The molecule has 9 heteroatoms. The van der Waals surface area contributed by atoms with Crippen molar-refractivity contribution in [3.63, 3.8) is 0 Å². The number of thiophene rings is 1. The van der Waals surface area contributed by atoms with E-state index in [-0.39, 0.29) is 10.8 Å². The number of sulfonamides is 1. The van der Waals surface area contributed by atoms with Crippen molar-refractivity contribution in [2.45, 2.75) is 18.7 Å². The lowest BCUT2D eigenvalue weighted by molar-refractivity contribution is 0.103. The van der Waals surface area contributed by atoms with Gasteiger partial charge in [-0.25, -0.2) is 8.42 Å². The van der Waals surface area contributed by atoms with Crippen LogP contribution in [0, 0.1) is 0 Å². The average molecular weight is 453 g/mol. The predicted molar refractivity (Wildman–Crippen MR) is 118 cm³/mol. The molecule has 1 aromatic heterocycles. The van der Waals surface area contributed by atoms with E-state index < -0.39 is 10.0 Å². The first-order valence-electron chi connectivity index (χ1n) is 8.99. The van der Waals surface area contributed by atoms with Crippen molar-refractivity contribution in [2.75, 3.05) is 25.5 Å². The molecule has 0 spiro atoms. The van der Waals surface area contributed by atoms with Crippen LogP contribution in [0.25, 0.3) is 10.1 Å². The molecule has 1 N–H and O–H groups in total. The van der Waals surface area contributed by atoms with Crippen LogP contribution < -0.4 is 10.1 Å². The number of nitrogens with one attached hydrogen (secondary N) is 1. The van der Waals surface area contributed by atoms with Gasteiger partial charge in [-0.05, 0) is 42.5 Å². The van der Waals surface area contributed by atoms with Crippen molar-refractivity contribution in [1.29, 1.82) is 0 Å². The number of rotatable bonds is 7. The van der Waals surface area contributed by atoms with Crippen LogP contribution in [-0.4, -0.2) is 38.8 Å². The maximum atomic E-state index is 12.7. The number of fused-ring (bicyclic) bond motifs is 1. The summed E-state index contributed by atoms with van der Waals surface area (Å²) in [7, 11) is -1.96. The SMILES string of the molecule is CCN(CC)S(=O)(=O)c1ccc(NC(=O)c2sc3cc(OC)ccc3c2Cl)cc1.